The van der Waals surface area contributed by atoms with Crippen molar-refractivity contribution in [1.29, 1.82) is 0 Å². The van der Waals surface area contributed by atoms with Crippen LogP contribution in [0.25, 0.3) is 0 Å². The van der Waals surface area contributed by atoms with Crippen molar-refractivity contribution >= 4 is 27.1 Å². The maximum absolute atomic E-state index is 11.3. The molecule has 1 aromatic rings. The number of halogens is 1. The molecule has 0 radical (unpaired) electrons. The van der Waals surface area contributed by atoms with E-state index in [0.29, 0.717) is 17.3 Å². The highest BCUT2D eigenvalue weighted by Crippen LogP contribution is 2.26. The summed E-state index contributed by atoms with van der Waals surface area (Å²) >= 11 is 5.94. The van der Waals surface area contributed by atoms with Gasteiger partial charge in [0, 0.05) is 18.0 Å². The van der Waals surface area contributed by atoms with Crippen LogP contribution in [0.15, 0.2) is 18.2 Å². The van der Waals surface area contributed by atoms with Crippen LogP contribution in [-0.2, 0) is 9.84 Å². The minimum absolute atomic E-state index is 0.118. The maximum Gasteiger partial charge on any atom is 0.151 e. The zero-order valence-electron chi connectivity index (χ0n) is 9.86. The first kappa shape index (κ1) is 14.1. The lowest BCUT2D eigenvalue weighted by molar-refractivity contribution is 0.415. The third kappa shape index (κ3) is 4.44. The number of hydrogen-bond acceptors (Lipinski definition) is 4. The predicted molar refractivity (Wildman–Crippen MR) is 70.8 cm³/mol. The molecule has 0 spiro atoms. The van der Waals surface area contributed by atoms with E-state index in [2.05, 4.69) is 5.32 Å². The Hall–Kier alpha value is -0.940. The first-order valence-corrected chi connectivity index (χ1v) is 7.46. The summed E-state index contributed by atoms with van der Waals surface area (Å²) in [5, 5.41) is 3.50. The van der Waals surface area contributed by atoms with Crippen molar-refractivity contribution in [3.8, 4) is 5.75 Å². The molecular weight excluding hydrogens is 262 g/mol. The van der Waals surface area contributed by atoms with Gasteiger partial charge in [-0.1, -0.05) is 18.5 Å². The fourth-order valence-electron chi connectivity index (χ4n) is 1.27. The molecule has 1 N–H and O–H groups in total. The van der Waals surface area contributed by atoms with E-state index >= 15 is 0 Å². The van der Waals surface area contributed by atoms with E-state index in [4.69, 9.17) is 16.3 Å². The Labute approximate surface area is 107 Å². The molecule has 0 fully saturated rings. The van der Waals surface area contributed by atoms with Gasteiger partial charge in [-0.15, -0.1) is 0 Å². The van der Waals surface area contributed by atoms with Crippen molar-refractivity contribution in [2.45, 2.75) is 6.92 Å². The average molecular weight is 278 g/mol. The lowest BCUT2D eigenvalue weighted by Gasteiger charge is -2.08. The number of hydrogen-bond donors (Lipinski definition) is 1. The summed E-state index contributed by atoms with van der Waals surface area (Å²) < 4.78 is 27.6. The molecule has 1 rings (SSSR count). The van der Waals surface area contributed by atoms with Gasteiger partial charge in [-0.3, -0.25) is 0 Å². The summed E-state index contributed by atoms with van der Waals surface area (Å²) in [6, 6.07) is 5.24. The SMILES string of the molecule is CCS(=O)(=O)CCNc1ccc(OC)c(Cl)c1. The van der Waals surface area contributed by atoms with Crippen LogP contribution in [0.2, 0.25) is 5.02 Å². The second kappa shape index (κ2) is 6.12. The van der Waals surface area contributed by atoms with Crippen LogP contribution in [0, 0.1) is 0 Å². The van der Waals surface area contributed by atoms with E-state index < -0.39 is 9.84 Å². The number of anilines is 1. The first-order valence-electron chi connectivity index (χ1n) is 5.26. The molecule has 0 aliphatic heterocycles. The molecule has 0 aromatic heterocycles. The van der Waals surface area contributed by atoms with Crippen LogP contribution in [0.4, 0.5) is 5.69 Å². The van der Waals surface area contributed by atoms with Gasteiger partial charge >= 0.3 is 0 Å². The van der Waals surface area contributed by atoms with Crippen LogP contribution in [0.3, 0.4) is 0 Å². The molecule has 1 aromatic carbocycles. The summed E-state index contributed by atoms with van der Waals surface area (Å²) in [4.78, 5) is 0. The van der Waals surface area contributed by atoms with E-state index in [9.17, 15) is 8.42 Å². The van der Waals surface area contributed by atoms with Crippen molar-refractivity contribution in [3.05, 3.63) is 23.2 Å². The van der Waals surface area contributed by atoms with Crippen LogP contribution < -0.4 is 10.1 Å². The molecule has 0 saturated carbocycles. The zero-order valence-corrected chi connectivity index (χ0v) is 11.4. The molecule has 0 saturated heterocycles. The van der Waals surface area contributed by atoms with Crippen LogP contribution in [-0.4, -0.2) is 33.6 Å². The fourth-order valence-corrected chi connectivity index (χ4v) is 2.23. The highest BCUT2D eigenvalue weighted by molar-refractivity contribution is 7.91. The third-order valence-electron chi connectivity index (χ3n) is 2.33. The third-order valence-corrected chi connectivity index (χ3v) is 4.33. The fraction of sp³-hybridized carbons (Fsp3) is 0.455. The largest absolute Gasteiger partial charge is 0.495 e. The summed E-state index contributed by atoms with van der Waals surface area (Å²) in [5.41, 5.74) is 0.780. The molecule has 0 atom stereocenters. The molecule has 96 valence electrons. The molecule has 0 amide bonds. The molecule has 4 nitrogen and oxygen atoms in total. The topological polar surface area (TPSA) is 55.4 Å². The van der Waals surface area contributed by atoms with Gasteiger partial charge in [-0.25, -0.2) is 8.42 Å². The van der Waals surface area contributed by atoms with Crippen LogP contribution >= 0.6 is 11.6 Å². The van der Waals surface area contributed by atoms with E-state index in [0.717, 1.165) is 5.69 Å². The molecular formula is C11H16ClNO3S. The van der Waals surface area contributed by atoms with Gasteiger partial charge in [-0.05, 0) is 18.2 Å². The summed E-state index contributed by atoms with van der Waals surface area (Å²) in [6.45, 7) is 2.01. The van der Waals surface area contributed by atoms with E-state index in [-0.39, 0.29) is 11.5 Å². The van der Waals surface area contributed by atoms with Gasteiger partial charge in [0.25, 0.3) is 0 Å². The Morgan fingerprint density at radius 3 is 2.65 bits per heavy atom. The monoisotopic (exact) mass is 277 g/mol. The van der Waals surface area contributed by atoms with Gasteiger partial charge in [0.05, 0.1) is 17.9 Å². The van der Waals surface area contributed by atoms with E-state index in [1.807, 2.05) is 0 Å². The molecule has 0 aliphatic rings. The molecule has 0 heterocycles. The number of benzene rings is 1. The zero-order chi connectivity index (χ0) is 12.9. The quantitative estimate of drug-likeness (QED) is 0.866. The van der Waals surface area contributed by atoms with Crippen molar-refractivity contribution in [1.82, 2.24) is 0 Å². The van der Waals surface area contributed by atoms with Crippen LogP contribution in [0.1, 0.15) is 6.92 Å². The number of rotatable bonds is 6. The van der Waals surface area contributed by atoms with Crippen molar-refractivity contribution < 1.29 is 13.2 Å². The molecule has 0 aliphatic carbocycles. The van der Waals surface area contributed by atoms with Crippen molar-refractivity contribution in [3.63, 3.8) is 0 Å². The standard InChI is InChI=1S/C11H16ClNO3S/c1-3-17(14,15)7-6-13-9-4-5-11(16-2)10(12)8-9/h4-5,8,13H,3,6-7H2,1-2H3. The minimum Gasteiger partial charge on any atom is -0.495 e. The predicted octanol–water partition coefficient (Wildman–Crippen LogP) is 2.20. The van der Waals surface area contributed by atoms with Crippen LogP contribution in [0.5, 0.6) is 5.75 Å². The first-order chi connectivity index (χ1) is 7.98. The van der Waals surface area contributed by atoms with Gasteiger partial charge < -0.3 is 10.1 Å². The van der Waals surface area contributed by atoms with Gasteiger partial charge in [0.15, 0.2) is 9.84 Å². The summed E-state index contributed by atoms with van der Waals surface area (Å²) in [5.74, 6) is 0.879. The lowest BCUT2D eigenvalue weighted by atomic mass is 10.3. The van der Waals surface area contributed by atoms with Gasteiger partial charge in [0.1, 0.15) is 5.75 Å². The van der Waals surface area contributed by atoms with E-state index in [1.54, 1.807) is 32.2 Å². The van der Waals surface area contributed by atoms with Gasteiger partial charge in [-0.2, -0.15) is 0 Å². The normalized spacial score (nSPS) is 11.2. The number of methoxy groups -OCH3 is 1. The number of nitrogens with one attached hydrogen (secondary N) is 1. The second-order valence-electron chi connectivity index (χ2n) is 3.51. The molecule has 0 unspecified atom stereocenters. The minimum atomic E-state index is -2.93. The maximum atomic E-state index is 11.3. The Morgan fingerprint density at radius 1 is 1.41 bits per heavy atom. The molecule has 6 heteroatoms. The Morgan fingerprint density at radius 2 is 2.12 bits per heavy atom. The number of sulfone groups is 1. The summed E-state index contributed by atoms with van der Waals surface area (Å²) in [7, 11) is -1.39. The van der Waals surface area contributed by atoms with Gasteiger partial charge in [0.2, 0.25) is 0 Å². The highest BCUT2D eigenvalue weighted by atomic mass is 35.5. The molecule has 0 bridgehead atoms. The Bertz CT molecular complexity index is 474. The Kier molecular flexibility index (Phi) is 5.08. The number of ether oxygens (including phenoxy) is 1. The average Bonchev–Trinajstić information content (AvgIpc) is 2.29. The highest BCUT2D eigenvalue weighted by Gasteiger charge is 2.07. The second-order valence-corrected chi connectivity index (χ2v) is 6.39. The van der Waals surface area contributed by atoms with Crippen molar-refractivity contribution in [2.75, 3.05) is 30.5 Å². The lowest BCUT2D eigenvalue weighted by Crippen LogP contribution is -2.17. The van der Waals surface area contributed by atoms with E-state index in [1.165, 1.54) is 0 Å². The molecule has 17 heavy (non-hydrogen) atoms. The Balaban J connectivity index is 2.56. The van der Waals surface area contributed by atoms with Crippen molar-refractivity contribution in [2.24, 2.45) is 0 Å². The smallest absolute Gasteiger partial charge is 0.151 e. The summed E-state index contributed by atoms with van der Waals surface area (Å²) in [6.07, 6.45) is 0.